The van der Waals surface area contributed by atoms with E-state index in [0.717, 1.165) is 42.5 Å². The van der Waals surface area contributed by atoms with Gasteiger partial charge in [-0.3, -0.25) is 4.79 Å². The topological polar surface area (TPSA) is 66.8 Å². The molecule has 1 spiro atoms. The van der Waals surface area contributed by atoms with Crippen molar-refractivity contribution in [1.82, 2.24) is 4.90 Å². The van der Waals surface area contributed by atoms with Gasteiger partial charge in [-0.1, -0.05) is 48.9 Å². The van der Waals surface area contributed by atoms with Crippen molar-refractivity contribution in [3.05, 3.63) is 104 Å². The van der Waals surface area contributed by atoms with Crippen LogP contribution in [0.4, 0.5) is 18.0 Å². The second-order valence-corrected chi connectivity index (χ2v) is 14.5. The summed E-state index contributed by atoms with van der Waals surface area (Å²) in [6.07, 6.45) is 1.76. The van der Waals surface area contributed by atoms with E-state index in [9.17, 15) is 27.9 Å². The highest BCUT2D eigenvalue weighted by molar-refractivity contribution is 7.09. The molecule has 0 radical (unpaired) electrons. The Hall–Kier alpha value is -3.43. The molecule has 7 rings (SSSR count). The normalized spacial score (nSPS) is 27.0. The number of ketones is 1. The Bertz CT molecular complexity index is 1630. The number of carbonyl (C=O) groups is 2. The zero-order valence-corrected chi connectivity index (χ0v) is 27.1. The summed E-state index contributed by atoms with van der Waals surface area (Å²) in [5, 5.41) is 12.9. The standard InChI is InChI=1S/C37H40F3NO4S/c1-24-6-4-16-35(2)32(14-17-36(35)23-41(34(44)45-36)18-15-29-9-5-19-46-29)30-13-11-25(20-28(42)12-10-24)21-31(30)33(43)26-7-3-8-27(22-26)37(38,39)40/h3,5-9,11,13,19,21-22,28,32,42H,4,10,12,14-18,20,23H2,1-2H3. The van der Waals surface area contributed by atoms with E-state index in [1.165, 1.54) is 22.6 Å². The van der Waals surface area contributed by atoms with E-state index in [1.54, 1.807) is 22.3 Å². The molecule has 1 saturated carbocycles. The molecule has 9 heteroatoms. The quantitative estimate of drug-likeness (QED) is 0.221. The monoisotopic (exact) mass is 651 g/mol. The molecule has 1 amide bonds. The maximum absolute atomic E-state index is 14.2. The number of rotatable bonds is 5. The number of halogens is 3. The summed E-state index contributed by atoms with van der Waals surface area (Å²) in [5.41, 5.74) is 0.825. The predicted molar refractivity (Wildman–Crippen MR) is 172 cm³/mol. The van der Waals surface area contributed by atoms with Crippen molar-refractivity contribution >= 4 is 23.2 Å². The van der Waals surface area contributed by atoms with Crippen LogP contribution < -0.4 is 0 Å². The average molecular weight is 652 g/mol. The zero-order chi connectivity index (χ0) is 32.7. The molecule has 1 aromatic heterocycles. The molecule has 2 bridgehead atoms. The summed E-state index contributed by atoms with van der Waals surface area (Å²) < 4.78 is 47.3. The highest BCUT2D eigenvalue weighted by Gasteiger charge is 2.63. The molecule has 3 aromatic rings. The van der Waals surface area contributed by atoms with E-state index in [4.69, 9.17) is 4.74 Å². The Kier molecular flexibility index (Phi) is 8.93. The van der Waals surface area contributed by atoms with E-state index in [1.807, 2.05) is 23.6 Å². The number of amides is 1. The van der Waals surface area contributed by atoms with Gasteiger partial charge in [0.2, 0.25) is 0 Å². The van der Waals surface area contributed by atoms with Crippen LogP contribution in [0.5, 0.6) is 0 Å². The second kappa shape index (κ2) is 12.6. The Morgan fingerprint density at radius 3 is 2.70 bits per heavy atom. The van der Waals surface area contributed by atoms with Crippen LogP contribution in [0.25, 0.3) is 0 Å². The lowest BCUT2D eigenvalue weighted by molar-refractivity contribution is -0.137. The molecular formula is C37H40F3NO4S. The van der Waals surface area contributed by atoms with E-state index in [0.29, 0.717) is 50.8 Å². The summed E-state index contributed by atoms with van der Waals surface area (Å²) in [7, 11) is 0. The first kappa shape index (κ1) is 32.5. The second-order valence-electron chi connectivity index (χ2n) is 13.4. The molecule has 244 valence electrons. The minimum atomic E-state index is -4.58. The minimum Gasteiger partial charge on any atom is -0.440 e. The van der Waals surface area contributed by atoms with Gasteiger partial charge in [0.05, 0.1) is 18.2 Å². The van der Waals surface area contributed by atoms with Crippen LogP contribution in [0.2, 0.25) is 0 Å². The number of thiophene rings is 1. The Balaban J connectivity index is 1.41. The maximum Gasteiger partial charge on any atom is 0.416 e. The van der Waals surface area contributed by atoms with Crippen molar-refractivity contribution < 1.29 is 32.6 Å². The molecule has 4 aliphatic rings. The fraction of sp³-hybridized carbons (Fsp3) is 0.459. The first-order valence-corrected chi connectivity index (χ1v) is 17.0. The summed E-state index contributed by atoms with van der Waals surface area (Å²) in [4.78, 5) is 30.6. The lowest BCUT2D eigenvalue weighted by Crippen LogP contribution is -2.48. The van der Waals surface area contributed by atoms with Crippen LogP contribution in [0, 0.1) is 5.41 Å². The Labute approximate surface area is 272 Å². The SMILES string of the molecule is CC1=CCCC2(C)C(CCC23CN(CCc2cccs2)C(=O)O3)c2ccc(cc2C(=O)c2cccc(C(F)(F)F)c2)CC(O)CC1. The molecule has 46 heavy (non-hydrogen) atoms. The average Bonchev–Trinajstić information content (AvgIpc) is 3.72. The van der Waals surface area contributed by atoms with Gasteiger partial charge in [0.25, 0.3) is 0 Å². The lowest BCUT2D eigenvalue weighted by atomic mass is 9.64. The molecule has 1 saturated heterocycles. The highest BCUT2D eigenvalue weighted by atomic mass is 32.1. The van der Waals surface area contributed by atoms with Crippen molar-refractivity contribution in [2.45, 2.75) is 89.0 Å². The number of aliphatic hydroxyl groups is 1. The van der Waals surface area contributed by atoms with Crippen molar-refractivity contribution in [3.63, 3.8) is 0 Å². The van der Waals surface area contributed by atoms with Crippen molar-refractivity contribution in [1.29, 1.82) is 0 Å². The number of hydrogen-bond donors (Lipinski definition) is 1. The summed E-state index contributed by atoms with van der Waals surface area (Å²) in [6.45, 7) is 5.24. The zero-order valence-electron chi connectivity index (χ0n) is 26.2. The number of aliphatic hydroxyl groups excluding tert-OH is 1. The van der Waals surface area contributed by atoms with Crippen LogP contribution in [-0.4, -0.2) is 46.7 Å². The maximum atomic E-state index is 14.2. The predicted octanol–water partition coefficient (Wildman–Crippen LogP) is 8.74. The summed E-state index contributed by atoms with van der Waals surface area (Å²) in [6, 6.07) is 14.2. The fourth-order valence-corrected chi connectivity index (χ4v) is 8.54. The third-order valence-electron chi connectivity index (χ3n) is 10.5. The number of benzene rings is 2. The van der Waals surface area contributed by atoms with Crippen LogP contribution in [0.15, 0.2) is 71.6 Å². The third kappa shape index (κ3) is 6.28. The van der Waals surface area contributed by atoms with E-state index in [2.05, 4.69) is 26.0 Å². The number of nitrogens with zero attached hydrogens (tertiary/aromatic N) is 1. The molecule has 1 aliphatic heterocycles. The fourth-order valence-electron chi connectivity index (χ4n) is 7.85. The molecule has 4 atom stereocenters. The van der Waals surface area contributed by atoms with Gasteiger partial charge in [-0.05, 0) is 105 Å². The van der Waals surface area contributed by atoms with Gasteiger partial charge in [0.15, 0.2) is 5.78 Å². The first-order chi connectivity index (χ1) is 21.9. The Morgan fingerprint density at radius 2 is 1.93 bits per heavy atom. The molecule has 2 heterocycles. The van der Waals surface area contributed by atoms with E-state index < -0.39 is 34.6 Å². The van der Waals surface area contributed by atoms with Gasteiger partial charge in [0.1, 0.15) is 5.60 Å². The van der Waals surface area contributed by atoms with Gasteiger partial charge in [-0.25, -0.2) is 4.79 Å². The van der Waals surface area contributed by atoms with Crippen LogP contribution >= 0.6 is 11.3 Å². The Morgan fingerprint density at radius 1 is 1.11 bits per heavy atom. The number of carbonyl (C=O) groups excluding carboxylic acids is 2. The number of fused-ring (bicyclic) bond motifs is 8. The number of allylic oxidation sites excluding steroid dienone is 2. The van der Waals surface area contributed by atoms with Gasteiger partial charge in [-0.15, -0.1) is 11.3 Å². The lowest BCUT2D eigenvalue weighted by Gasteiger charge is -2.43. The molecule has 4 unspecified atom stereocenters. The van der Waals surface area contributed by atoms with E-state index in [-0.39, 0.29) is 17.6 Å². The first-order valence-electron chi connectivity index (χ1n) is 16.1. The molecule has 5 nitrogen and oxygen atoms in total. The summed E-state index contributed by atoms with van der Waals surface area (Å²) >= 11 is 1.66. The van der Waals surface area contributed by atoms with Crippen molar-refractivity contribution in [2.24, 2.45) is 5.41 Å². The highest BCUT2D eigenvalue weighted by Crippen LogP contribution is 2.61. The number of hydrogen-bond acceptors (Lipinski definition) is 5. The summed E-state index contributed by atoms with van der Waals surface area (Å²) in [5.74, 6) is -0.664. The third-order valence-corrected chi connectivity index (χ3v) is 11.5. The molecule has 2 aromatic carbocycles. The van der Waals surface area contributed by atoms with Crippen LogP contribution in [0.3, 0.4) is 0 Å². The molecule has 3 aliphatic carbocycles. The van der Waals surface area contributed by atoms with Gasteiger partial charge < -0.3 is 14.7 Å². The smallest absolute Gasteiger partial charge is 0.416 e. The van der Waals surface area contributed by atoms with Crippen molar-refractivity contribution in [2.75, 3.05) is 13.1 Å². The minimum absolute atomic E-state index is 0.0325. The van der Waals surface area contributed by atoms with Crippen LogP contribution in [-0.2, 0) is 23.8 Å². The number of alkyl halides is 3. The largest absolute Gasteiger partial charge is 0.440 e. The molecular weight excluding hydrogens is 611 g/mol. The van der Waals surface area contributed by atoms with Crippen molar-refractivity contribution in [3.8, 4) is 0 Å². The molecule has 1 N–H and O–H groups in total. The van der Waals surface area contributed by atoms with Gasteiger partial charge in [0, 0.05) is 28.0 Å². The van der Waals surface area contributed by atoms with E-state index >= 15 is 0 Å². The molecule has 2 fully saturated rings. The van der Waals surface area contributed by atoms with Gasteiger partial charge in [-0.2, -0.15) is 13.2 Å². The van der Waals surface area contributed by atoms with Crippen LogP contribution in [0.1, 0.15) is 95.8 Å². The van der Waals surface area contributed by atoms with Gasteiger partial charge >= 0.3 is 12.3 Å². The number of ether oxygens (including phenoxy) is 1.